The summed E-state index contributed by atoms with van der Waals surface area (Å²) in [7, 11) is 1.41. The average Bonchev–Trinajstić information content (AvgIpc) is 1.76. The minimum Gasteiger partial charge on any atom is -1.00 e. The number of nitrogens with zero attached hydrogens (tertiary/aromatic N) is 1. The summed E-state index contributed by atoms with van der Waals surface area (Å²) in [5.41, 5.74) is 0. The van der Waals surface area contributed by atoms with Crippen LogP contribution in [0, 0.1) is 0 Å². The molecule has 5 N–H and O–H groups in total. The molecule has 104 heavy (non-hydrogen) atoms. The van der Waals surface area contributed by atoms with Crippen LogP contribution in [0.25, 0.3) is 0 Å². The largest absolute Gasteiger partial charge is 1.00 e. The van der Waals surface area contributed by atoms with Crippen molar-refractivity contribution in [2.75, 3.05) is 319 Å². The van der Waals surface area contributed by atoms with Gasteiger partial charge in [-0.3, -0.25) is 8.37 Å². The topological polar surface area (TPSA) is 404 Å². The predicted octanol–water partition coefficient (Wildman–Crippen LogP) is -2.20. The zero-order chi connectivity index (χ0) is 75.8. The molecule has 0 aromatic carbocycles. The molecule has 4 unspecified atom stereocenters. The maximum Gasteiger partial charge on any atom is 1.00 e. The van der Waals surface area contributed by atoms with Gasteiger partial charge in [-0.25, -0.2) is 0 Å². The maximum atomic E-state index is 10.5. The second kappa shape index (κ2) is 85.4. The van der Waals surface area contributed by atoms with Gasteiger partial charge in [0.2, 0.25) is 0 Å². The van der Waals surface area contributed by atoms with Gasteiger partial charge in [0.1, 0.15) is 24.4 Å². The Morgan fingerprint density at radius 1 is 0.394 bits per heavy atom. The van der Waals surface area contributed by atoms with Crippen LogP contribution in [0.5, 0.6) is 0 Å². The Labute approximate surface area is 655 Å². The zero-order valence-corrected chi connectivity index (χ0v) is 70.6. The first-order valence-electron chi connectivity index (χ1n) is 33.9. The molecular formula is C64H141BClNNaO34S2. The third-order valence-corrected chi connectivity index (χ3v) is 13.3. The van der Waals surface area contributed by atoms with Gasteiger partial charge in [-0.05, 0) is 61.2 Å². The SMILES string of the molecule is CC1(C)OCC(CO)O1.CCN(CC)CC.COCCOCCOCCOCC(O)CO.COCCOCCOCCOCC1COC(C)(C)O1.COCCOCCOCCOCC1COC(C)(C)O1.COCCOCCOCCOS(C)(=O)=O.COCCOCCOCCOS(C)(=O)=O.Cl.O.[B].[H-].[Na+]. The standard InChI is InChI=1S/2C13H26O6.C10H22O6.2C8H18O6S.C6H15N.C6H12O3.B.ClH.Na.H2O.H/c2*1-13(2)18-11-12(19-13)10-17-9-8-16-7-6-15-5-4-14-3;1-13-2-3-14-4-5-15-6-7-16-9-10(12)8-11;2*1-11-3-4-12-5-6-13-7-8-14-15(2,9)10;1-4-7(5-2)6-3;1-6(2)8-4-5(3-7)9-6;;;;;/h2*12H,4-11H2,1-3H3;10-12H,2-9H2,1H3;2*3-8H2,1-2H3;4-6H2,1-3H3;5,7H,3-4H2,1-2H3;;1H;;1H2;/q;;;;;;;;;+1;;-1. The van der Waals surface area contributed by atoms with E-state index in [0.29, 0.717) is 205 Å². The molecule has 3 radical (unpaired) electrons. The van der Waals surface area contributed by atoms with Crippen molar-refractivity contribution in [1.29, 1.82) is 0 Å². The molecule has 40 heteroatoms. The van der Waals surface area contributed by atoms with E-state index >= 15 is 0 Å². The van der Waals surface area contributed by atoms with Crippen molar-refractivity contribution >= 4 is 41.1 Å². The van der Waals surface area contributed by atoms with Gasteiger partial charge in [-0.2, -0.15) is 16.8 Å². The quantitative estimate of drug-likeness (QED) is 0.0330. The number of aliphatic hydroxyl groups is 3. The molecule has 3 aliphatic heterocycles. The molecule has 629 valence electrons. The van der Waals surface area contributed by atoms with Crippen LogP contribution in [-0.4, -0.2) is 411 Å². The van der Waals surface area contributed by atoms with E-state index in [9.17, 15) is 16.8 Å². The molecule has 3 rings (SSSR count). The van der Waals surface area contributed by atoms with Crippen LogP contribution in [0.3, 0.4) is 0 Å². The number of rotatable bonds is 58. The number of halogens is 1. The van der Waals surface area contributed by atoms with Crippen LogP contribution < -0.4 is 29.6 Å². The molecule has 0 amide bonds. The molecule has 3 aliphatic rings. The molecule has 3 heterocycles. The van der Waals surface area contributed by atoms with E-state index in [-0.39, 0.29) is 122 Å². The first kappa shape index (κ1) is 120. The van der Waals surface area contributed by atoms with E-state index < -0.39 is 43.7 Å². The molecule has 0 bridgehead atoms. The minimum atomic E-state index is -3.36. The Morgan fingerprint density at radius 3 is 0.779 bits per heavy atom. The number of methoxy groups -OCH3 is 5. The van der Waals surface area contributed by atoms with E-state index in [1.54, 1.807) is 35.5 Å². The molecule has 4 atom stereocenters. The summed E-state index contributed by atoms with van der Waals surface area (Å²) < 4.78 is 175. The second-order valence-corrected chi connectivity index (χ2v) is 25.6. The summed E-state index contributed by atoms with van der Waals surface area (Å²) in [5, 5.41) is 26.0. The van der Waals surface area contributed by atoms with Crippen LogP contribution in [0.4, 0.5) is 0 Å². The van der Waals surface area contributed by atoms with Crippen LogP contribution in [-0.2, 0) is 142 Å². The zero-order valence-electron chi connectivity index (χ0n) is 67.1. The second-order valence-electron chi connectivity index (χ2n) is 22.4. The van der Waals surface area contributed by atoms with Gasteiger partial charge in [-0.1, -0.05) is 20.8 Å². The summed E-state index contributed by atoms with van der Waals surface area (Å²) in [6, 6.07) is 0. The molecule has 0 aliphatic carbocycles. The van der Waals surface area contributed by atoms with Crippen LogP contribution in [0.1, 0.15) is 63.7 Å². The van der Waals surface area contributed by atoms with Gasteiger partial charge in [0, 0.05) is 44.0 Å². The van der Waals surface area contributed by atoms with E-state index in [1.165, 1.54) is 19.6 Å². The fraction of sp³-hybridized carbons (Fsp3) is 1.00. The third kappa shape index (κ3) is 98.1. The summed E-state index contributed by atoms with van der Waals surface area (Å²) in [6.07, 6.45) is 1.11. The van der Waals surface area contributed by atoms with Gasteiger partial charge in [0.05, 0.1) is 264 Å². The van der Waals surface area contributed by atoms with Gasteiger partial charge in [0.25, 0.3) is 20.2 Å². The van der Waals surface area contributed by atoms with E-state index in [0.717, 1.165) is 12.5 Å². The Balaban J connectivity index is -0.000000148. The van der Waals surface area contributed by atoms with Crippen LogP contribution in [0.15, 0.2) is 0 Å². The molecule has 3 fully saturated rings. The van der Waals surface area contributed by atoms with Crippen molar-refractivity contribution in [1.82, 2.24) is 4.90 Å². The molecule has 0 saturated carbocycles. The number of ether oxygens (including phenoxy) is 24. The Morgan fingerprint density at radius 2 is 0.606 bits per heavy atom. The fourth-order valence-corrected chi connectivity index (χ4v) is 7.82. The minimum absolute atomic E-state index is 0. The van der Waals surface area contributed by atoms with Crippen LogP contribution >= 0.6 is 12.4 Å². The van der Waals surface area contributed by atoms with E-state index in [2.05, 4.69) is 34.0 Å². The smallest absolute Gasteiger partial charge is 1.00 e. The monoisotopic (exact) mass is 1600 g/mol. The number of hydrogen-bond acceptors (Lipinski definition) is 34. The maximum absolute atomic E-state index is 10.5. The molecule has 35 nitrogen and oxygen atoms in total. The molecular weight excluding hydrogens is 1460 g/mol. The van der Waals surface area contributed by atoms with Crippen molar-refractivity contribution in [3.63, 3.8) is 0 Å². The Hall–Kier alpha value is 0.0149. The predicted molar refractivity (Wildman–Crippen MR) is 388 cm³/mol. The van der Waals surface area contributed by atoms with Crippen molar-refractivity contribution < 1.29 is 191 Å². The van der Waals surface area contributed by atoms with Crippen LogP contribution in [0.2, 0.25) is 0 Å². The van der Waals surface area contributed by atoms with Gasteiger partial charge in [-0.15, -0.1) is 12.4 Å². The fourth-order valence-electron chi connectivity index (χ4n) is 7.08. The Bertz CT molecular complexity index is 1800. The van der Waals surface area contributed by atoms with Gasteiger partial charge in [0.15, 0.2) is 17.4 Å². The molecule has 3 saturated heterocycles. The number of aliphatic hydroxyl groups excluding tert-OH is 3. The van der Waals surface area contributed by atoms with Gasteiger partial charge >= 0.3 is 29.6 Å². The van der Waals surface area contributed by atoms with Gasteiger partial charge < -0.3 is 141 Å². The van der Waals surface area contributed by atoms with Crippen molar-refractivity contribution in [2.24, 2.45) is 0 Å². The van der Waals surface area contributed by atoms with Crippen molar-refractivity contribution in [3.05, 3.63) is 0 Å². The summed E-state index contributed by atoms with van der Waals surface area (Å²) >= 11 is 0. The summed E-state index contributed by atoms with van der Waals surface area (Å²) in [5.74, 6) is -1.46. The normalized spacial score (nSPS) is 17.0. The first-order chi connectivity index (χ1) is 47.7. The Kier molecular flexibility index (Phi) is 98.4. The summed E-state index contributed by atoms with van der Waals surface area (Å²) in [4.78, 5) is 2.38. The molecule has 0 aromatic heterocycles. The van der Waals surface area contributed by atoms with Crippen molar-refractivity contribution in [3.8, 4) is 0 Å². The van der Waals surface area contributed by atoms with Crippen molar-refractivity contribution in [2.45, 2.75) is 104 Å². The molecule has 0 aromatic rings. The number of hydrogen-bond donors (Lipinski definition) is 3. The summed E-state index contributed by atoms with van der Waals surface area (Å²) in [6.45, 7) is 38.5. The third-order valence-electron chi connectivity index (χ3n) is 12.1. The van der Waals surface area contributed by atoms with E-state index in [1.807, 2.05) is 41.5 Å². The average molecular weight is 1600 g/mol. The molecule has 0 spiro atoms. The first-order valence-corrected chi connectivity index (χ1v) is 37.5. The van der Waals surface area contributed by atoms with E-state index in [4.69, 9.17) is 129 Å².